The monoisotopic (exact) mass is 299 g/mol. The SMILES string of the molecule is CC[C@@H](CO)NCc1ccccc1OCc1ccccc1C. The zero-order valence-electron chi connectivity index (χ0n) is 13.4. The summed E-state index contributed by atoms with van der Waals surface area (Å²) in [6, 6.07) is 16.4. The van der Waals surface area contributed by atoms with Crippen molar-refractivity contribution in [2.24, 2.45) is 0 Å². The molecule has 118 valence electrons. The molecule has 0 aliphatic heterocycles. The molecular formula is C19H25NO2. The normalized spacial score (nSPS) is 12.1. The Morgan fingerprint density at radius 3 is 2.41 bits per heavy atom. The van der Waals surface area contributed by atoms with Crippen LogP contribution >= 0.6 is 0 Å². The molecule has 0 saturated carbocycles. The molecule has 3 nitrogen and oxygen atoms in total. The fourth-order valence-corrected chi connectivity index (χ4v) is 2.31. The number of nitrogens with one attached hydrogen (secondary N) is 1. The van der Waals surface area contributed by atoms with E-state index in [1.54, 1.807) is 0 Å². The summed E-state index contributed by atoms with van der Waals surface area (Å²) in [7, 11) is 0. The number of para-hydroxylation sites is 1. The molecule has 3 heteroatoms. The van der Waals surface area contributed by atoms with Crippen molar-refractivity contribution in [2.45, 2.75) is 39.5 Å². The molecule has 1 atom stereocenters. The average molecular weight is 299 g/mol. The molecule has 0 aliphatic rings. The van der Waals surface area contributed by atoms with E-state index in [-0.39, 0.29) is 12.6 Å². The Kier molecular flexibility index (Phi) is 6.44. The van der Waals surface area contributed by atoms with Crippen LogP contribution in [0.2, 0.25) is 0 Å². The molecule has 2 N–H and O–H groups in total. The maximum absolute atomic E-state index is 9.26. The van der Waals surface area contributed by atoms with Crippen LogP contribution < -0.4 is 10.1 Å². The van der Waals surface area contributed by atoms with Crippen molar-refractivity contribution in [3.63, 3.8) is 0 Å². The number of aliphatic hydroxyl groups excluding tert-OH is 1. The largest absolute Gasteiger partial charge is 0.489 e. The molecule has 0 heterocycles. The Balaban J connectivity index is 2.00. The molecule has 2 aromatic carbocycles. The van der Waals surface area contributed by atoms with Crippen molar-refractivity contribution < 1.29 is 9.84 Å². The van der Waals surface area contributed by atoms with Gasteiger partial charge in [-0.3, -0.25) is 0 Å². The van der Waals surface area contributed by atoms with Gasteiger partial charge in [0.2, 0.25) is 0 Å². The van der Waals surface area contributed by atoms with Gasteiger partial charge in [0.15, 0.2) is 0 Å². The summed E-state index contributed by atoms with van der Waals surface area (Å²) >= 11 is 0. The third-order valence-electron chi connectivity index (χ3n) is 3.91. The lowest BCUT2D eigenvalue weighted by Gasteiger charge is -2.17. The first-order chi connectivity index (χ1) is 10.7. The van der Waals surface area contributed by atoms with Crippen LogP contribution in [-0.2, 0) is 13.2 Å². The molecule has 2 aromatic rings. The quantitative estimate of drug-likeness (QED) is 0.784. The van der Waals surface area contributed by atoms with Gasteiger partial charge in [-0.1, -0.05) is 49.4 Å². The third-order valence-corrected chi connectivity index (χ3v) is 3.91. The lowest BCUT2D eigenvalue weighted by atomic mass is 10.1. The fourth-order valence-electron chi connectivity index (χ4n) is 2.31. The lowest BCUT2D eigenvalue weighted by molar-refractivity contribution is 0.237. The topological polar surface area (TPSA) is 41.5 Å². The first-order valence-corrected chi connectivity index (χ1v) is 7.84. The maximum atomic E-state index is 9.26. The van der Waals surface area contributed by atoms with Crippen molar-refractivity contribution in [2.75, 3.05) is 6.61 Å². The van der Waals surface area contributed by atoms with Crippen LogP contribution in [0.25, 0.3) is 0 Å². The van der Waals surface area contributed by atoms with Gasteiger partial charge < -0.3 is 15.2 Å². The van der Waals surface area contributed by atoms with Crippen LogP contribution in [0.1, 0.15) is 30.0 Å². The molecular weight excluding hydrogens is 274 g/mol. The highest BCUT2D eigenvalue weighted by Gasteiger charge is 2.07. The van der Waals surface area contributed by atoms with Crippen LogP contribution in [-0.4, -0.2) is 17.8 Å². The maximum Gasteiger partial charge on any atom is 0.124 e. The molecule has 2 rings (SSSR count). The number of rotatable bonds is 8. The predicted octanol–water partition coefficient (Wildman–Crippen LogP) is 3.43. The van der Waals surface area contributed by atoms with Crippen molar-refractivity contribution in [3.8, 4) is 5.75 Å². The molecule has 0 aromatic heterocycles. The fraction of sp³-hybridized carbons (Fsp3) is 0.368. The van der Waals surface area contributed by atoms with Gasteiger partial charge in [0.25, 0.3) is 0 Å². The van der Waals surface area contributed by atoms with Crippen molar-refractivity contribution >= 4 is 0 Å². The van der Waals surface area contributed by atoms with Crippen LogP contribution in [0, 0.1) is 6.92 Å². The Hall–Kier alpha value is -1.84. The molecule has 22 heavy (non-hydrogen) atoms. The van der Waals surface area contributed by atoms with Crippen molar-refractivity contribution in [3.05, 3.63) is 65.2 Å². The van der Waals surface area contributed by atoms with Gasteiger partial charge in [0, 0.05) is 18.2 Å². The number of hydrogen-bond donors (Lipinski definition) is 2. The molecule has 0 saturated heterocycles. The third kappa shape index (κ3) is 4.58. The van der Waals surface area contributed by atoms with E-state index >= 15 is 0 Å². The number of aliphatic hydroxyl groups is 1. The highest BCUT2D eigenvalue weighted by Crippen LogP contribution is 2.20. The molecule has 0 unspecified atom stereocenters. The van der Waals surface area contributed by atoms with Crippen molar-refractivity contribution in [1.82, 2.24) is 5.32 Å². The van der Waals surface area contributed by atoms with Crippen LogP contribution in [0.15, 0.2) is 48.5 Å². The summed E-state index contributed by atoms with van der Waals surface area (Å²) in [5.41, 5.74) is 3.56. The zero-order chi connectivity index (χ0) is 15.8. The minimum Gasteiger partial charge on any atom is -0.489 e. The summed E-state index contributed by atoms with van der Waals surface area (Å²) in [5.74, 6) is 0.894. The minimum absolute atomic E-state index is 0.129. The van der Waals surface area contributed by atoms with Crippen LogP contribution in [0.3, 0.4) is 0 Å². The van der Waals surface area contributed by atoms with E-state index < -0.39 is 0 Å². The van der Waals surface area contributed by atoms with Gasteiger partial charge in [-0.25, -0.2) is 0 Å². The first kappa shape index (κ1) is 16.5. The van der Waals surface area contributed by atoms with E-state index in [4.69, 9.17) is 4.74 Å². The molecule has 0 spiro atoms. The Morgan fingerprint density at radius 2 is 1.73 bits per heavy atom. The lowest BCUT2D eigenvalue weighted by Crippen LogP contribution is -2.31. The summed E-state index contributed by atoms with van der Waals surface area (Å²) < 4.78 is 6.00. The second-order valence-electron chi connectivity index (χ2n) is 5.49. The van der Waals surface area contributed by atoms with E-state index in [2.05, 4.69) is 37.4 Å². The van der Waals surface area contributed by atoms with E-state index in [1.807, 2.05) is 30.3 Å². The van der Waals surface area contributed by atoms with E-state index in [1.165, 1.54) is 11.1 Å². The highest BCUT2D eigenvalue weighted by molar-refractivity contribution is 5.34. The number of aryl methyl sites for hydroxylation is 1. The van der Waals surface area contributed by atoms with Gasteiger partial charge >= 0.3 is 0 Å². The van der Waals surface area contributed by atoms with E-state index in [0.29, 0.717) is 13.2 Å². The van der Waals surface area contributed by atoms with Gasteiger partial charge in [0.1, 0.15) is 12.4 Å². The molecule has 0 fully saturated rings. The first-order valence-electron chi connectivity index (χ1n) is 7.84. The Labute approximate surface area is 133 Å². The van der Waals surface area contributed by atoms with Gasteiger partial charge in [-0.2, -0.15) is 0 Å². The van der Waals surface area contributed by atoms with Crippen LogP contribution in [0.4, 0.5) is 0 Å². The zero-order valence-corrected chi connectivity index (χ0v) is 13.4. The summed E-state index contributed by atoms with van der Waals surface area (Å²) in [6.07, 6.45) is 0.905. The molecule has 0 radical (unpaired) electrons. The second kappa shape index (κ2) is 8.57. The number of benzene rings is 2. The Morgan fingerprint density at radius 1 is 1.05 bits per heavy atom. The van der Waals surface area contributed by atoms with Gasteiger partial charge in [-0.05, 0) is 30.5 Å². The summed E-state index contributed by atoms with van der Waals surface area (Å²) in [6.45, 7) is 5.58. The Bertz CT molecular complexity index is 579. The van der Waals surface area contributed by atoms with E-state index in [9.17, 15) is 5.11 Å². The van der Waals surface area contributed by atoms with Crippen molar-refractivity contribution in [1.29, 1.82) is 0 Å². The second-order valence-corrected chi connectivity index (χ2v) is 5.49. The van der Waals surface area contributed by atoms with Gasteiger partial charge in [-0.15, -0.1) is 0 Å². The molecule has 0 amide bonds. The smallest absolute Gasteiger partial charge is 0.124 e. The number of hydrogen-bond acceptors (Lipinski definition) is 3. The minimum atomic E-state index is 0.129. The standard InChI is InChI=1S/C19H25NO2/c1-3-18(13-21)20-12-16-9-6-7-11-19(16)22-14-17-10-5-4-8-15(17)2/h4-11,18,20-21H,3,12-14H2,1-2H3/t18-/m0/s1. The van der Waals surface area contributed by atoms with E-state index in [0.717, 1.165) is 17.7 Å². The number of ether oxygens (including phenoxy) is 1. The summed E-state index contributed by atoms with van der Waals surface area (Å²) in [4.78, 5) is 0. The summed E-state index contributed by atoms with van der Waals surface area (Å²) in [5, 5.41) is 12.6. The predicted molar refractivity (Wildman–Crippen MR) is 90.0 cm³/mol. The highest BCUT2D eigenvalue weighted by atomic mass is 16.5. The average Bonchev–Trinajstić information content (AvgIpc) is 2.56. The van der Waals surface area contributed by atoms with Crippen LogP contribution in [0.5, 0.6) is 5.75 Å². The molecule has 0 aliphatic carbocycles. The van der Waals surface area contributed by atoms with Gasteiger partial charge in [0.05, 0.1) is 6.61 Å². The molecule has 0 bridgehead atoms.